The summed E-state index contributed by atoms with van der Waals surface area (Å²) in [6.07, 6.45) is 0.762. The van der Waals surface area contributed by atoms with Crippen molar-refractivity contribution in [1.29, 1.82) is 0 Å². The molecule has 1 aliphatic rings. The van der Waals surface area contributed by atoms with Gasteiger partial charge >= 0.3 is 0 Å². The zero-order valence-electron chi connectivity index (χ0n) is 15.2. The third kappa shape index (κ3) is 2.71. The molecule has 1 aliphatic heterocycles. The van der Waals surface area contributed by atoms with Crippen LogP contribution >= 0.6 is 0 Å². The van der Waals surface area contributed by atoms with E-state index in [0.717, 1.165) is 12.0 Å². The average molecular weight is 341 g/mol. The van der Waals surface area contributed by atoms with Crippen molar-refractivity contribution in [3.63, 3.8) is 0 Å². The van der Waals surface area contributed by atoms with E-state index >= 15 is 0 Å². The smallest absolute Gasteiger partial charge is 0.262 e. The van der Waals surface area contributed by atoms with E-state index in [1.165, 1.54) is 0 Å². The number of allylic oxidation sites excluding steroid dienone is 1. The van der Waals surface area contributed by atoms with E-state index in [9.17, 15) is 9.59 Å². The molecule has 1 N–H and O–H groups in total. The molecule has 1 atom stereocenters. The van der Waals surface area contributed by atoms with E-state index < -0.39 is 6.04 Å². The first-order valence-corrected chi connectivity index (χ1v) is 8.50. The fourth-order valence-corrected chi connectivity index (χ4v) is 3.18. The molecule has 0 aliphatic carbocycles. The number of nitrogens with zero attached hydrogens (tertiary/aromatic N) is 2. The molecule has 0 saturated carbocycles. The van der Waals surface area contributed by atoms with Crippen molar-refractivity contribution in [2.75, 3.05) is 7.11 Å². The number of carbonyl (C=O) groups is 1. The van der Waals surface area contributed by atoms with Gasteiger partial charge in [0, 0.05) is 0 Å². The second-order valence-corrected chi connectivity index (χ2v) is 6.68. The molecule has 25 heavy (non-hydrogen) atoms. The summed E-state index contributed by atoms with van der Waals surface area (Å²) in [7, 11) is 1.56. The maximum Gasteiger partial charge on any atom is 0.262 e. The maximum absolute atomic E-state index is 13.2. The number of fused-ring (bicyclic) bond motifs is 2. The van der Waals surface area contributed by atoms with Crippen LogP contribution in [0, 0.1) is 5.92 Å². The zero-order valence-corrected chi connectivity index (χ0v) is 15.2. The molecular weight excluding hydrogens is 318 g/mol. The molecule has 0 radical (unpaired) electrons. The summed E-state index contributed by atoms with van der Waals surface area (Å²) in [5.74, 6) is 0.912. The van der Waals surface area contributed by atoms with Gasteiger partial charge in [-0.15, -0.1) is 0 Å². The number of nitrogens with one attached hydrogen (secondary N) is 1. The molecule has 1 unspecified atom stereocenters. The van der Waals surface area contributed by atoms with E-state index in [2.05, 4.69) is 5.32 Å². The molecular formula is C19H23N3O3. The zero-order chi connectivity index (χ0) is 18.3. The van der Waals surface area contributed by atoms with Crippen LogP contribution in [0.15, 0.2) is 28.6 Å². The highest BCUT2D eigenvalue weighted by Gasteiger charge is 2.35. The molecule has 0 bridgehead atoms. The predicted octanol–water partition coefficient (Wildman–Crippen LogP) is 2.87. The van der Waals surface area contributed by atoms with Crippen LogP contribution in [0.3, 0.4) is 0 Å². The van der Waals surface area contributed by atoms with Gasteiger partial charge in [0.25, 0.3) is 5.56 Å². The molecule has 6 heteroatoms. The molecule has 6 nitrogen and oxygen atoms in total. The monoisotopic (exact) mass is 341 g/mol. The van der Waals surface area contributed by atoms with Gasteiger partial charge in [-0.2, -0.15) is 0 Å². The number of hydrogen-bond donors (Lipinski definition) is 1. The average Bonchev–Trinajstić information content (AvgIpc) is 2.60. The first-order chi connectivity index (χ1) is 11.9. The topological polar surface area (TPSA) is 73.2 Å². The molecule has 1 amide bonds. The number of amides is 1. The Morgan fingerprint density at radius 2 is 2.08 bits per heavy atom. The van der Waals surface area contributed by atoms with Gasteiger partial charge in [0.05, 0.1) is 23.7 Å². The molecule has 0 fully saturated rings. The minimum Gasteiger partial charge on any atom is -0.497 e. The Balaban J connectivity index is 2.43. The van der Waals surface area contributed by atoms with Gasteiger partial charge in [-0.25, -0.2) is 4.98 Å². The molecule has 132 valence electrons. The molecule has 2 heterocycles. The predicted molar refractivity (Wildman–Crippen MR) is 97.5 cm³/mol. The summed E-state index contributed by atoms with van der Waals surface area (Å²) in [6.45, 7) is 7.81. The molecule has 1 aromatic heterocycles. The number of aromatic nitrogens is 2. The molecule has 2 aromatic rings. The third-order valence-electron chi connectivity index (χ3n) is 4.71. The van der Waals surface area contributed by atoms with Crippen molar-refractivity contribution in [3.05, 3.63) is 40.0 Å². The van der Waals surface area contributed by atoms with Crippen LogP contribution in [0.4, 0.5) is 0 Å². The highest BCUT2D eigenvalue weighted by atomic mass is 16.5. The number of carbonyl (C=O) groups excluding carboxylic acids is 1. The van der Waals surface area contributed by atoms with Gasteiger partial charge in [0.2, 0.25) is 5.91 Å². The summed E-state index contributed by atoms with van der Waals surface area (Å²) in [6, 6.07) is 4.65. The van der Waals surface area contributed by atoms with Crippen LogP contribution in [0.1, 0.15) is 46.0 Å². The van der Waals surface area contributed by atoms with Crippen LogP contribution in [0.2, 0.25) is 0 Å². The Hall–Kier alpha value is -2.63. The van der Waals surface area contributed by atoms with Gasteiger partial charge in [-0.3, -0.25) is 14.2 Å². The van der Waals surface area contributed by atoms with Gasteiger partial charge < -0.3 is 10.1 Å². The number of benzene rings is 1. The summed E-state index contributed by atoms with van der Waals surface area (Å²) >= 11 is 0. The van der Waals surface area contributed by atoms with E-state index in [-0.39, 0.29) is 17.4 Å². The van der Waals surface area contributed by atoms with Crippen molar-refractivity contribution >= 4 is 22.5 Å². The Kier molecular flexibility index (Phi) is 4.37. The Morgan fingerprint density at radius 1 is 1.36 bits per heavy atom. The summed E-state index contributed by atoms with van der Waals surface area (Å²) in [5.41, 5.74) is 2.01. The largest absolute Gasteiger partial charge is 0.497 e. The van der Waals surface area contributed by atoms with Crippen molar-refractivity contribution in [1.82, 2.24) is 14.9 Å². The third-order valence-corrected chi connectivity index (χ3v) is 4.71. The van der Waals surface area contributed by atoms with E-state index in [0.29, 0.717) is 28.2 Å². The van der Waals surface area contributed by atoms with E-state index in [1.807, 2.05) is 27.7 Å². The minimum absolute atomic E-state index is 0.0372. The standard InChI is InChI=1S/C19H23N3O3/c1-6-11(4)15-17-20-14-8-7-12(25-5)9-13(14)19(24)22(17)16(10(2)3)18(23)21-15/h7-10,16H,6H2,1-5H3,(H,21,23). The van der Waals surface area contributed by atoms with Crippen LogP contribution < -0.4 is 15.6 Å². The highest BCUT2D eigenvalue weighted by Crippen LogP contribution is 2.30. The van der Waals surface area contributed by atoms with Crippen LogP contribution in [0.5, 0.6) is 5.75 Å². The lowest BCUT2D eigenvalue weighted by molar-refractivity contribution is -0.125. The van der Waals surface area contributed by atoms with Crippen LogP contribution in [-0.4, -0.2) is 22.6 Å². The van der Waals surface area contributed by atoms with Crippen LogP contribution in [-0.2, 0) is 4.79 Å². The van der Waals surface area contributed by atoms with E-state index in [1.54, 1.807) is 29.9 Å². The Labute approximate surface area is 146 Å². The van der Waals surface area contributed by atoms with Gasteiger partial charge in [0.15, 0.2) is 5.82 Å². The fourth-order valence-electron chi connectivity index (χ4n) is 3.18. The summed E-state index contributed by atoms with van der Waals surface area (Å²) in [4.78, 5) is 30.6. The minimum atomic E-state index is -0.584. The molecule has 1 aromatic carbocycles. The molecule has 0 spiro atoms. The number of rotatable bonds is 3. The van der Waals surface area contributed by atoms with Gasteiger partial charge in [0.1, 0.15) is 11.8 Å². The highest BCUT2D eigenvalue weighted by molar-refractivity contribution is 5.93. The SMILES string of the molecule is CCC(C)=C1NC(=O)C(C(C)C)n2c1nc1ccc(OC)cc1c2=O. The van der Waals surface area contributed by atoms with Crippen molar-refractivity contribution in [3.8, 4) is 5.75 Å². The van der Waals surface area contributed by atoms with Crippen molar-refractivity contribution in [2.45, 2.75) is 40.2 Å². The summed E-state index contributed by atoms with van der Waals surface area (Å²) in [5, 5.41) is 3.42. The summed E-state index contributed by atoms with van der Waals surface area (Å²) < 4.78 is 6.77. The maximum atomic E-state index is 13.2. The van der Waals surface area contributed by atoms with Crippen LogP contribution in [0.25, 0.3) is 16.6 Å². The lowest BCUT2D eigenvalue weighted by atomic mass is 9.98. The second kappa shape index (κ2) is 6.35. The Bertz CT molecular complexity index is 941. The quantitative estimate of drug-likeness (QED) is 0.932. The number of methoxy groups -OCH3 is 1. The second-order valence-electron chi connectivity index (χ2n) is 6.68. The molecule has 3 rings (SSSR count). The van der Waals surface area contributed by atoms with Gasteiger partial charge in [-0.1, -0.05) is 20.8 Å². The molecule has 0 saturated heterocycles. The van der Waals surface area contributed by atoms with Gasteiger partial charge in [-0.05, 0) is 43.0 Å². The Morgan fingerprint density at radius 3 is 2.68 bits per heavy atom. The normalized spacial score (nSPS) is 19.0. The number of ether oxygens (including phenoxy) is 1. The number of hydrogen-bond acceptors (Lipinski definition) is 4. The fraction of sp³-hybridized carbons (Fsp3) is 0.421. The van der Waals surface area contributed by atoms with Crippen molar-refractivity contribution in [2.24, 2.45) is 5.92 Å². The lowest BCUT2D eigenvalue weighted by Crippen LogP contribution is -2.46. The first-order valence-electron chi connectivity index (χ1n) is 8.50. The first kappa shape index (κ1) is 17.2. The lowest BCUT2D eigenvalue weighted by Gasteiger charge is -2.32. The van der Waals surface area contributed by atoms with Crippen molar-refractivity contribution < 1.29 is 9.53 Å². The van der Waals surface area contributed by atoms with E-state index in [4.69, 9.17) is 9.72 Å².